The second-order valence-corrected chi connectivity index (χ2v) is 5.24. The number of anilines is 1. The third kappa shape index (κ3) is 3.14. The standard InChI is InChI=1S/C13H15Cl2NO/c14-10-7-4-8-11(15)12(10)16-13(17)9-5-2-1-3-6-9/h4,7-9H,1-3,5-6H2,(H,16,17). The normalized spacial score (nSPS) is 16.8. The molecule has 2 rings (SSSR count). The Morgan fingerprint density at radius 1 is 1.12 bits per heavy atom. The highest BCUT2D eigenvalue weighted by Crippen LogP contribution is 2.31. The summed E-state index contributed by atoms with van der Waals surface area (Å²) in [5, 5.41) is 3.82. The van der Waals surface area contributed by atoms with E-state index in [-0.39, 0.29) is 11.8 Å². The molecule has 1 aliphatic carbocycles. The molecule has 4 heteroatoms. The van der Waals surface area contributed by atoms with E-state index >= 15 is 0 Å². The SMILES string of the molecule is O=C(Nc1c(Cl)cccc1Cl)C1CCCCC1. The van der Waals surface area contributed by atoms with E-state index in [9.17, 15) is 4.79 Å². The van der Waals surface area contributed by atoms with Gasteiger partial charge in [-0.3, -0.25) is 4.79 Å². The van der Waals surface area contributed by atoms with E-state index in [4.69, 9.17) is 23.2 Å². The van der Waals surface area contributed by atoms with Crippen LogP contribution < -0.4 is 5.32 Å². The summed E-state index contributed by atoms with van der Waals surface area (Å²) >= 11 is 12.0. The first-order valence-electron chi connectivity index (χ1n) is 5.93. The molecule has 17 heavy (non-hydrogen) atoms. The maximum absolute atomic E-state index is 12.0. The topological polar surface area (TPSA) is 29.1 Å². The number of benzene rings is 1. The number of para-hydroxylation sites is 1. The number of rotatable bonds is 2. The van der Waals surface area contributed by atoms with Crippen LogP contribution in [0.25, 0.3) is 0 Å². The maximum atomic E-state index is 12.0. The van der Waals surface area contributed by atoms with Gasteiger partial charge >= 0.3 is 0 Å². The Morgan fingerprint density at radius 2 is 1.71 bits per heavy atom. The predicted octanol–water partition coefficient (Wildman–Crippen LogP) is 4.51. The summed E-state index contributed by atoms with van der Waals surface area (Å²) in [6, 6.07) is 5.22. The van der Waals surface area contributed by atoms with Crippen LogP contribution >= 0.6 is 23.2 Å². The Bertz CT molecular complexity index is 394. The summed E-state index contributed by atoms with van der Waals surface area (Å²) in [7, 11) is 0. The molecule has 0 atom stereocenters. The molecule has 0 heterocycles. The Kier molecular flexibility index (Phi) is 4.30. The highest BCUT2D eigenvalue weighted by atomic mass is 35.5. The lowest BCUT2D eigenvalue weighted by Gasteiger charge is -2.21. The Labute approximate surface area is 111 Å². The van der Waals surface area contributed by atoms with E-state index in [1.165, 1.54) is 6.42 Å². The number of carbonyl (C=O) groups is 1. The molecule has 1 N–H and O–H groups in total. The first-order valence-corrected chi connectivity index (χ1v) is 6.69. The van der Waals surface area contributed by atoms with Crippen LogP contribution in [0.2, 0.25) is 10.0 Å². The van der Waals surface area contributed by atoms with Crippen molar-refractivity contribution in [1.82, 2.24) is 0 Å². The number of hydrogen-bond donors (Lipinski definition) is 1. The zero-order chi connectivity index (χ0) is 12.3. The fraction of sp³-hybridized carbons (Fsp3) is 0.462. The zero-order valence-corrected chi connectivity index (χ0v) is 11.0. The summed E-state index contributed by atoms with van der Waals surface area (Å²) in [6.07, 6.45) is 5.43. The largest absolute Gasteiger partial charge is 0.323 e. The Hall–Kier alpha value is -0.730. The Balaban J connectivity index is 2.07. The molecular weight excluding hydrogens is 257 g/mol. The average Bonchev–Trinajstić information content (AvgIpc) is 2.35. The average molecular weight is 272 g/mol. The molecule has 1 aromatic carbocycles. The molecule has 1 saturated carbocycles. The lowest BCUT2D eigenvalue weighted by atomic mass is 9.88. The van der Waals surface area contributed by atoms with Crippen molar-refractivity contribution in [2.75, 3.05) is 5.32 Å². The van der Waals surface area contributed by atoms with Gasteiger partial charge in [0.15, 0.2) is 0 Å². The van der Waals surface area contributed by atoms with Gasteiger partial charge in [-0.1, -0.05) is 48.5 Å². The third-order valence-electron chi connectivity index (χ3n) is 3.19. The number of amides is 1. The van der Waals surface area contributed by atoms with Gasteiger partial charge in [0.25, 0.3) is 0 Å². The summed E-state index contributed by atoms with van der Waals surface area (Å²) in [6.45, 7) is 0. The Morgan fingerprint density at radius 3 is 2.29 bits per heavy atom. The summed E-state index contributed by atoms with van der Waals surface area (Å²) < 4.78 is 0. The van der Waals surface area contributed by atoms with Crippen LogP contribution in [0.4, 0.5) is 5.69 Å². The van der Waals surface area contributed by atoms with Crippen molar-refractivity contribution >= 4 is 34.8 Å². The van der Waals surface area contributed by atoms with Gasteiger partial charge in [-0.2, -0.15) is 0 Å². The van der Waals surface area contributed by atoms with Gasteiger partial charge in [0.2, 0.25) is 5.91 Å². The third-order valence-corrected chi connectivity index (χ3v) is 3.82. The molecule has 1 aromatic rings. The molecule has 0 spiro atoms. The van der Waals surface area contributed by atoms with Crippen LogP contribution in [0, 0.1) is 5.92 Å². The van der Waals surface area contributed by atoms with Gasteiger partial charge in [0.1, 0.15) is 0 Å². The van der Waals surface area contributed by atoms with Gasteiger partial charge in [-0.25, -0.2) is 0 Å². The molecule has 92 valence electrons. The van der Waals surface area contributed by atoms with Crippen LogP contribution in [0.1, 0.15) is 32.1 Å². The smallest absolute Gasteiger partial charge is 0.227 e. The van der Waals surface area contributed by atoms with Crippen molar-refractivity contribution < 1.29 is 4.79 Å². The second kappa shape index (κ2) is 5.74. The molecular formula is C13H15Cl2NO. The van der Waals surface area contributed by atoms with Crippen LogP contribution in [-0.4, -0.2) is 5.91 Å². The van der Waals surface area contributed by atoms with Gasteiger partial charge in [0, 0.05) is 5.92 Å². The van der Waals surface area contributed by atoms with Gasteiger partial charge in [-0.15, -0.1) is 0 Å². The predicted molar refractivity (Wildman–Crippen MR) is 71.7 cm³/mol. The number of hydrogen-bond acceptors (Lipinski definition) is 1. The van der Waals surface area contributed by atoms with E-state index in [0.29, 0.717) is 15.7 Å². The molecule has 1 aliphatic rings. The van der Waals surface area contributed by atoms with Crippen molar-refractivity contribution in [3.8, 4) is 0 Å². The number of carbonyl (C=O) groups excluding carboxylic acids is 1. The quantitative estimate of drug-likeness (QED) is 0.843. The summed E-state index contributed by atoms with van der Waals surface area (Å²) in [5.41, 5.74) is 0.534. The number of halogens is 2. The van der Waals surface area contributed by atoms with Crippen molar-refractivity contribution in [3.63, 3.8) is 0 Å². The molecule has 1 amide bonds. The highest BCUT2D eigenvalue weighted by Gasteiger charge is 2.22. The molecule has 1 fully saturated rings. The van der Waals surface area contributed by atoms with E-state index in [1.54, 1.807) is 18.2 Å². The maximum Gasteiger partial charge on any atom is 0.227 e. The van der Waals surface area contributed by atoms with Crippen molar-refractivity contribution in [2.24, 2.45) is 5.92 Å². The van der Waals surface area contributed by atoms with Crippen LogP contribution in [0.5, 0.6) is 0 Å². The summed E-state index contributed by atoms with van der Waals surface area (Å²) in [5.74, 6) is 0.149. The molecule has 0 bridgehead atoms. The minimum absolute atomic E-state index is 0.0414. The van der Waals surface area contributed by atoms with Crippen LogP contribution in [0.15, 0.2) is 18.2 Å². The van der Waals surface area contributed by atoms with Crippen LogP contribution in [0.3, 0.4) is 0 Å². The molecule has 0 aliphatic heterocycles. The van der Waals surface area contributed by atoms with Crippen molar-refractivity contribution in [3.05, 3.63) is 28.2 Å². The molecule has 0 unspecified atom stereocenters. The summed E-state index contributed by atoms with van der Waals surface area (Å²) in [4.78, 5) is 12.0. The number of nitrogens with one attached hydrogen (secondary N) is 1. The van der Waals surface area contributed by atoms with E-state index in [0.717, 1.165) is 25.7 Å². The monoisotopic (exact) mass is 271 g/mol. The van der Waals surface area contributed by atoms with Gasteiger partial charge < -0.3 is 5.32 Å². The van der Waals surface area contributed by atoms with E-state index in [1.807, 2.05) is 0 Å². The van der Waals surface area contributed by atoms with Crippen molar-refractivity contribution in [2.45, 2.75) is 32.1 Å². The highest BCUT2D eigenvalue weighted by molar-refractivity contribution is 6.39. The fourth-order valence-electron chi connectivity index (χ4n) is 2.21. The molecule has 0 aromatic heterocycles. The van der Waals surface area contributed by atoms with E-state index < -0.39 is 0 Å². The van der Waals surface area contributed by atoms with Gasteiger partial charge in [-0.05, 0) is 25.0 Å². The van der Waals surface area contributed by atoms with E-state index in [2.05, 4.69) is 5.32 Å². The minimum Gasteiger partial charge on any atom is -0.323 e. The minimum atomic E-state index is 0.0414. The van der Waals surface area contributed by atoms with Crippen LogP contribution in [-0.2, 0) is 4.79 Å². The fourth-order valence-corrected chi connectivity index (χ4v) is 2.70. The van der Waals surface area contributed by atoms with Crippen molar-refractivity contribution in [1.29, 1.82) is 0 Å². The molecule has 2 nitrogen and oxygen atoms in total. The lowest BCUT2D eigenvalue weighted by molar-refractivity contribution is -0.120. The second-order valence-electron chi connectivity index (χ2n) is 4.42. The lowest BCUT2D eigenvalue weighted by Crippen LogP contribution is -2.25. The first-order chi connectivity index (χ1) is 8.18. The van der Waals surface area contributed by atoms with Gasteiger partial charge in [0.05, 0.1) is 15.7 Å². The zero-order valence-electron chi connectivity index (χ0n) is 9.51. The molecule has 0 saturated heterocycles. The molecule has 0 radical (unpaired) electrons. The first kappa shape index (κ1) is 12.7.